The highest BCUT2D eigenvalue weighted by Crippen LogP contribution is 2.25. The van der Waals surface area contributed by atoms with Gasteiger partial charge in [-0.3, -0.25) is 9.89 Å². The molecule has 0 bridgehead atoms. The van der Waals surface area contributed by atoms with Crippen LogP contribution in [0.25, 0.3) is 22.3 Å². The van der Waals surface area contributed by atoms with Crippen molar-refractivity contribution in [2.24, 2.45) is 0 Å². The molecule has 124 valence electrons. The fourth-order valence-corrected chi connectivity index (χ4v) is 2.65. The molecule has 0 aliphatic rings. The maximum atomic E-state index is 14.3. The molecule has 4 rings (SSSR count). The number of H-pyrrole nitrogens is 2. The Labute approximate surface area is 144 Å². The number of halogens is 2. The number of fused-ring (bicyclic) bond motifs is 1. The number of nitrogens with zero attached hydrogens (tertiary/aromatic N) is 4. The maximum absolute atomic E-state index is 14.3. The summed E-state index contributed by atoms with van der Waals surface area (Å²) in [6, 6.07) is 7.33. The molecule has 0 spiro atoms. The molecule has 1 amide bonds. The van der Waals surface area contributed by atoms with Gasteiger partial charge in [0.1, 0.15) is 5.82 Å². The summed E-state index contributed by atoms with van der Waals surface area (Å²) >= 11 is 6.11. The van der Waals surface area contributed by atoms with Crippen LogP contribution < -0.4 is 5.32 Å². The van der Waals surface area contributed by atoms with Gasteiger partial charge in [0.05, 0.1) is 22.4 Å². The lowest BCUT2D eigenvalue weighted by Crippen LogP contribution is -2.13. The monoisotopic (exact) mass is 357 g/mol. The van der Waals surface area contributed by atoms with E-state index in [4.69, 9.17) is 11.6 Å². The Morgan fingerprint density at radius 1 is 1.24 bits per heavy atom. The third-order valence-electron chi connectivity index (χ3n) is 3.58. The number of rotatable bonds is 3. The second kappa shape index (κ2) is 5.95. The van der Waals surface area contributed by atoms with E-state index < -0.39 is 11.7 Å². The first-order valence-electron chi connectivity index (χ1n) is 7.09. The lowest BCUT2D eigenvalue weighted by Gasteiger charge is -2.08. The smallest absolute Gasteiger partial charge is 0.255 e. The minimum absolute atomic E-state index is 0.0284. The van der Waals surface area contributed by atoms with Crippen molar-refractivity contribution in [2.45, 2.75) is 0 Å². The summed E-state index contributed by atoms with van der Waals surface area (Å²) in [7, 11) is 0. The number of hydrogen-bond acceptors (Lipinski definition) is 5. The quantitative estimate of drug-likeness (QED) is 0.522. The van der Waals surface area contributed by atoms with Gasteiger partial charge in [-0.2, -0.15) is 10.3 Å². The van der Waals surface area contributed by atoms with Gasteiger partial charge in [0.25, 0.3) is 5.91 Å². The zero-order chi connectivity index (χ0) is 17.4. The minimum Gasteiger partial charge on any atom is -0.319 e. The molecule has 0 saturated carbocycles. The zero-order valence-electron chi connectivity index (χ0n) is 12.4. The normalized spacial score (nSPS) is 11.0. The highest BCUT2D eigenvalue weighted by atomic mass is 35.5. The van der Waals surface area contributed by atoms with E-state index in [9.17, 15) is 9.18 Å². The van der Waals surface area contributed by atoms with Crippen LogP contribution in [0.3, 0.4) is 0 Å². The Morgan fingerprint density at radius 2 is 2.12 bits per heavy atom. The number of benzene rings is 2. The van der Waals surface area contributed by atoms with Gasteiger partial charge in [-0.25, -0.2) is 4.39 Å². The average molecular weight is 358 g/mol. The Morgan fingerprint density at radius 3 is 2.88 bits per heavy atom. The van der Waals surface area contributed by atoms with Crippen LogP contribution in [0.2, 0.25) is 5.02 Å². The van der Waals surface area contributed by atoms with Crippen molar-refractivity contribution in [2.75, 3.05) is 5.32 Å². The molecule has 0 aliphatic carbocycles. The first-order chi connectivity index (χ1) is 12.1. The number of aromatic amines is 2. The van der Waals surface area contributed by atoms with Gasteiger partial charge < -0.3 is 5.32 Å². The van der Waals surface area contributed by atoms with Crippen molar-refractivity contribution in [1.82, 2.24) is 30.8 Å². The molecule has 0 atom stereocenters. The largest absolute Gasteiger partial charge is 0.319 e. The van der Waals surface area contributed by atoms with Crippen molar-refractivity contribution < 1.29 is 9.18 Å². The van der Waals surface area contributed by atoms with Crippen LogP contribution in [0.4, 0.5) is 10.1 Å². The van der Waals surface area contributed by atoms with E-state index in [0.29, 0.717) is 27.1 Å². The number of anilines is 1. The molecule has 2 aromatic heterocycles. The average Bonchev–Trinajstić information content (AvgIpc) is 3.27. The van der Waals surface area contributed by atoms with E-state index in [1.807, 2.05) is 0 Å². The summed E-state index contributed by atoms with van der Waals surface area (Å²) in [6.45, 7) is 0. The summed E-state index contributed by atoms with van der Waals surface area (Å²) in [4.78, 5) is 12.4. The summed E-state index contributed by atoms with van der Waals surface area (Å²) in [6.07, 6.45) is 1.55. The summed E-state index contributed by atoms with van der Waals surface area (Å²) < 4.78 is 14.3. The molecule has 0 radical (unpaired) electrons. The molecule has 3 N–H and O–H groups in total. The predicted octanol–water partition coefficient (Wildman–Crippen LogP) is 2.79. The first kappa shape index (κ1) is 15.2. The summed E-state index contributed by atoms with van der Waals surface area (Å²) in [5.74, 6) is -0.851. The Bertz CT molecular complexity index is 1080. The molecule has 0 aliphatic heterocycles. The fourth-order valence-electron chi connectivity index (χ4n) is 2.38. The van der Waals surface area contributed by atoms with Crippen LogP contribution in [0.15, 0.2) is 36.5 Å². The van der Waals surface area contributed by atoms with Gasteiger partial charge in [-0.05, 0) is 35.5 Å². The number of amides is 1. The van der Waals surface area contributed by atoms with E-state index in [0.717, 1.165) is 0 Å². The maximum Gasteiger partial charge on any atom is 0.255 e. The second-order valence-electron chi connectivity index (χ2n) is 5.18. The van der Waals surface area contributed by atoms with Crippen molar-refractivity contribution in [3.63, 3.8) is 0 Å². The Balaban J connectivity index is 1.61. The van der Waals surface area contributed by atoms with Gasteiger partial charge in [0.15, 0.2) is 0 Å². The lowest BCUT2D eigenvalue weighted by atomic mass is 10.1. The number of aromatic nitrogens is 6. The van der Waals surface area contributed by atoms with Crippen LogP contribution in [-0.4, -0.2) is 36.7 Å². The van der Waals surface area contributed by atoms with Crippen molar-refractivity contribution in [1.29, 1.82) is 0 Å². The molecule has 4 aromatic rings. The molecule has 10 heteroatoms. The van der Waals surface area contributed by atoms with Gasteiger partial charge in [0, 0.05) is 16.5 Å². The van der Waals surface area contributed by atoms with E-state index in [1.54, 1.807) is 18.3 Å². The van der Waals surface area contributed by atoms with Crippen LogP contribution >= 0.6 is 11.6 Å². The second-order valence-corrected chi connectivity index (χ2v) is 5.58. The van der Waals surface area contributed by atoms with Crippen LogP contribution in [0.5, 0.6) is 0 Å². The number of carbonyl (C=O) groups excluding carboxylic acids is 1. The molecule has 0 unspecified atom stereocenters. The standard InChI is InChI=1S/C15H9ClFN7O/c16-10-4-8(3-9-6-18-20-13(9)10)15(25)19-12-2-1-7(5-11(12)17)14-21-23-24-22-14/h1-6H,(H,18,20)(H,19,25)(H,21,22,23,24). The number of tetrazole rings is 1. The van der Waals surface area contributed by atoms with Crippen molar-refractivity contribution in [3.05, 3.63) is 52.9 Å². The van der Waals surface area contributed by atoms with E-state index in [-0.39, 0.29) is 11.5 Å². The molecule has 0 fully saturated rings. The Kier molecular flexibility index (Phi) is 3.62. The number of nitrogens with one attached hydrogen (secondary N) is 3. The van der Waals surface area contributed by atoms with Crippen molar-refractivity contribution >= 4 is 34.1 Å². The third-order valence-corrected chi connectivity index (χ3v) is 3.88. The highest BCUT2D eigenvalue weighted by Gasteiger charge is 2.14. The van der Waals surface area contributed by atoms with Crippen LogP contribution in [0.1, 0.15) is 10.4 Å². The molecule has 2 heterocycles. The highest BCUT2D eigenvalue weighted by molar-refractivity contribution is 6.35. The van der Waals surface area contributed by atoms with Crippen molar-refractivity contribution in [3.8, 4) is 11.4 Å². The molecule has 0 saturated heterocycles. The topological polar surface area (TPSA) is 112 Å². The van der Waals surface area contributed by atoms with Gasteiger partial charge in [0.2, 0.25) is 5.82 Å². The lowest BCUT2D eigenvalue weighted by molar-refractivity contribution is 0.102. The summed E-state index contributed by atoms with van der Waals surface area (Å²) in [5, 5.41) is 23.4. The molecule has 8 nitrogen and oxygen atoms in total. The fraction of sp³-hybridized carbons (Fsp3) is 0. The molecule has 25 heavy (non-hydrogen) atoms. The predicted molar refractivity (Wildman–Crippen MR) is 88.6 cm³/mol. The van der Waals surface area contributed by atoms with Crippen LogP contribution in [0, 0.1) is 5.82 Å². The minimum atomic E-state index is -0.619. The number of carbonyl (C=O) groups is 1. The van der Waals surface area contributed by atoms with E-state index in [2.05, 4.69) is 36.1 Å². The summed E-state index contributed by atoms with van der Waals surface area (Å²) in [5.41, 5.74) is 1.39. The van der Waals surface area contributed by atoms with Crippen LogP contribution in [-0.2, 0) is 0 Å². The third kappa shape index (κ3) is 2.81. The SMILES string of the molecule is O=C(Nc1ccc(-c2nn[nH]n2)cc1F)c1cc(Cl)c2[nH]ncc2c1. The van der Waals surface area contributed by atoms with Gasteiger partial charge >= 0.3 is 0 Å². The van der Waals surface area contributed by atoms with E-state index in [1.165, 1.54) is 18.2 Å². The Hall–Kier alpha value is -3.33. The number of hydrogen-bond donors (Lipinski definition) is 3. The van der Waals surface area contributed by atoms with Gasteiger partial charge in [-0.1, -0.05) is 11.6 Å². The zero-order valence-corrected chi connectivity index (χ0v) is 13.2. The van der Waals surface area contributed by atoms with E-state index >= 15 is 0 Å². The van der Waals surface area contributed by atoms with Gasteiger partial charge in [-0.15, -0.1) is 10.2 Å². The molecule has 2 aromatic carbocycles. The molecular weight excluding hydrogens is 349 g/mol. The first-order valence-corrected chi connectivity index (χ1v) is 7.47. The molecular formula is C15H9ClFN7O.